The number of benzene rings is 2. The highest BCUT2D eigenvalue weighted by Gasteiger charge is 2.36. The molecular weight excluding hydrogens is 522 g/mol. The van der Waals surface area contributed by atoms with Crippen molar-refractivity contribution in [1.29, 1.82) is 5.41 Å². The van der Waals surface area contributed by atoms with Crippen LogP contribution >= 0.6 is 0 Å². The van der Waals surface area contributed by atoms with Crippen molar-refractivity contribution in [3.63, 3.8) is 0 Å². The molecule has 1 aliphatic carbocycles. The maximum absolute atomic E-state index is 13.9. The molecule has 2 N–H and O–H groups in total. The number of aromatic nitrogens is 3. The Morgan fingerprint density at radius 1 is 1.12 bits per heavy atom. The van der Waals surface area contributed by atoms with Gasteiger partial charge in [-0.3, -0.25) is 15.2 Å². The molecule has 1 fully saturated rings. The van der Waals surface area contributed by atoms with Crippen LogP contribution in [0.3, 0.4) is 0 Å². The third kappa shape index (κ3) is 5.71. The lowest BCUT2D eigenvalue weighted by Gasteiger charge is -2.20. The normalized spacial score (nSPS) is 14.2. The summed E-state index contributed by atoms with van der Waals surface area (Å²) in [6, 6.07) is 11.8. The molecule has 208 valence electrons. The van der Waals surface area contributed by atoms with Crippen LogP contribution in [0.4, 0.5) is 17.6 Å². The molecule has 0 spiro atoms. The number of hydrogen-bond donors (Lipinski definition) is 2. The van der Waals surface area contributed by atoms with E-state index >= 15 is 0 Å². The van der Waals surface area contributed by atoms with Crippen LogP contribution in [0.15, 0.2) is 67.1 Å². The summed E-state index contributed by atoms with van der Waals surface area (Å²) in [4.78, 5) is 17.2. The molecule has 2 heterocycles. The van der Waals surface area contributed by atoms with Gasteiger partial charge in [0.1, 0.15) is 5.82 Å². The molecule has 2 aromatic heterocycles. The zero-order chi connectivity index (χ0) is 28.6. The van der Waals surface area contributed by atoms with Gasteiger partial charge in [0.2, 0.25) is 5.62 Å². The number of rotatable bonds is 8. The summed E-state index contributed by atoms with van der Waals surface area (Å²) in [5.74, 6) is -0.578. The quantitative estimate of drug-likeness (QED) is 0.254. The van der Waals surface area contributed by atoms with Gasteiger partial charge in [-0.05, 0) is 85.2 Å². The Labute approximate surface area is 228 Å². The highest BCUT2D eigenvalue weighted by molar-refractivity contribution is 5.96. The highest BCUT2D eigenvalue weighted by atomic mass is 19.4. The van der Waals surface area contributed by atoms with E-state index in [-0.39, 0.29) is 46.6 Å². The molecule has 1 aliphatic rings. The van der Waals surface area contributed by atoms with Gasteiger partial charge >= 0.3 is 6.18 Å². The Hall–Kier alpha value is -4.21. The molecular formula is C30H29F4N5O. The van der Waals surface area contributed by atoms with Gasteiger partial charge in [0.25, 0.3) is 5.91 Å². The fourth-order valence-electron chi connectivity index (χ4n) is 4.97. The number of alkyl halides is 3. The minimum absolute atomic E-state index is 0.138. The zero-order valence-electron chi connectivity index (χ0n) is 22.1. The summed E-state index contributed by atoms with van der Waals surface area (Å²) in [7, 11) is 0. The first-order valence-electron chi connectivity index (χ1n) is 13.1. The molecule has 1 amide bonds. The molecule has 0 radical (unpaired) electrons. The molecule has 1 atom stereocenters. The summed E-state index contributed by atoms with van der Waals surface area (Å²) in [6.45, 7) is 4.35. The van der Waals surface area contributed by atoms with Crippen molar-refractivity contribution < 1.29 is 22.4 Å². The van der Waals surface area contributed by atoms with Crippen LogP contribution in [0.1, 0.15) is 58.5 Å². The average molecular weight is 552 g/mol. The van der Waals surface area contributed by atoms with Crippen LogP contribution in [0.25, 0.3) is 11.1 Å². The second-order valence-corrected chi connectivity index (χ2v) is 10.1. The summed E-state index contributed by atoms with van der Waals surface area (Å²) < 4.78 is 58.9. The average Bonchev–Trinajstić information content (AvgIpc) is 3.71. The lowest BCUT2D eigenvalue weighted by atomic mass is 9.96. The summed E-state index contributed by atoms with van der Waals surface area (Å²) in [6.07, 6.45) is 1.71. The SMILES string of the molecule is CCn1ccn(Cc2cc(C(=O)N[C@H](c3ccc(F)c(C)c3)C3CC3)cc(-c3cccnc3C(F)(F)F)c2)c1=N. The lowest BCUT2D eigenvalue weighted by molar-refractivity contribution is -0.140. The molecule has 0 unspecified atom stereocenters. The number of imidazole rings is 1. The van der Waals surface area contributed by atoms with E-state index in [0.717, 1.165) is 24.6 Å². The van der Waals surface area contributed by atoms with Crippen LogP contribution in [0.5, 0.6) is 0 Å². The molecule has 2 aromatic carbocycles. The molecule has 6 nitrogen and oxygen atoms in total. The third-order valence-electron chi connectivity index (χ3n) is 7.23. The number of halogens is 4. The van der Waals surface area contributed by atoms with E-state index in [2.05, 4.69) is 10.3 Å². The van der Waals surface area contributed by atoms with Gasteiger partial charge in [0.05, 0.1) is 12.6 Å². The first kappa shape index (κ1) is 27.4. The van der Waals surface area contributed by atoms with E-state index in [1.54, 1.807) is 52.7 Å². The molecule has 5 rings (SSSR count). The molecule has 1 saturated carbocycles. The Morgan fingerprint density at radius 3 is 2.52 bits per heavy atom. The monoisotopic (exact) mass is 551 g/mol. The van der Waals surface area contributed by atoms with Crippen LogP contribution in [0.2, 0.25) is 0 Å². The highest BCUT2D eigenvalue weighted by Crippen LogP contribution is 2.42. The molecule has 10 heteroatoms. The predicted octanol–water partition coefficient (Wildman–Crippen LogP) is 6.25. The van der Waals surface area contributed by atoms with Gasteiger partial charge in [-0.15, -0.1) is 0 Å². The predicted molar refractivity (Wildman–Crippen MR) is 142 cm³/mol. The molecule has 4 aromatic rings. The third-order valence-corrected chi connectivity index (χ3v) is 7.23. The first-order valence-corrected chi connectivity index (χ1v) is 13.1. The van der Waals surface area contributed by atoms with Gasteiger partial charge in [-0.2, -0.15) is 13.2 Å². The van der Waals surface area contributed by atoms with E-state index in [9.17, 15) is 22.4 Å². The van der Waals surface area contributed by atoms with Crippen molar-refractivity contribution in [3.8, 4) is 11.1 Å². The van der Waals surface area contributed by atoms with Gasteiger partial charge in [-0.25, -0.2) is 4.39 Å². The number of pyridine rings is 1. The zero-order valence-corrected chi connectivity index (χ0v) is 22.1. The Balaban J connectivity index is 1.56. The first-order chi connectivity index (χ1) is 19.0. The lowest BCUT2D eigenvalue weighted by Crippen LogP contribution is -2.30. The summed E-state index contributed by atoms with van der Waals surface area (Å²) in [5.41, 5.74) is 1.27. The van der Waals surface area contributed by atoms with Gasteiger partial charge in [-0.1, -0.05) is 18.2 Å². The number of hydrogen-bond acceptors (Lipinski definition) is 3. The number of nitrogens with zero attached hydrogens (tertiary/aromatic N) is 3. The Kier molecular flexibility index (Phi) is 7.35. The van der Waals surface area contributed by atoms with Crippen LogP contribution in [-0.2, 0) is 19.3 Å². The van der Waals surface area contributed by atoms with Crippen LogP contribution in [-0.4, -0.2) is 20.0 Å². The number of carbonyl (C=O) groups excluding carboxylic acids is 1. The molecule has 0 saturated heterocycles. The number of nitrogens with one attached hydrogen (secondary N) is 2. The van der Waals surface area contributed by atoms with Gasteiger partial charge in [0.15, 0.2) is 5.69 Å². The van der Waals surface area contributed by atoms with Gasteiger partial charge in [0, 0.05) is 36.3 Å². The molecule has 0 bridgehead atoms. The fraction of sp³-hybridized carbons (Fsp3) is 0.300. The second kappa shape index (κ2) is 10.7. The van der Waals surface area contributed by atoms with Crippen molar-refractivity contribution in [1.82, 2.24) is 19.4 Å². The smallest absolute Gasteiger partial charge is 0.345 e. The minimum atomic E-state index is -4.69. The van der Waals surface area contributed by atoms with E-state index in [0.29, 0.717) is 17.7 Å². The van der Waals surface area contributed by atoms with Crippen molar-refractivity contribution in [2.75, 3.05) is 0 Å². The Bertz CT molecular complexity index is 1620. The van der Waals surface area contributed by atoms with Crippen molar-refractivity contribution in [2.24, 2.45) is 5.92 Å². The van der Waals surface area contributed by atoms with Crippen LogP contribution < -0.4 is 10.9 Å². The molecule has 40 heavy (non-hydrogen) atoms. The van der Waals surface area contributed by atoms with Crippen molar-refractivity contribution >= 4 is 5.91 Å². The standard InChI is InChI=1S/C30H29F4N5O/c1-3-38-11-12-39(29(38)35)17-19-14-22(24-5-4-10-36-27(24)30(32,33)34)16-23(15-19)28(40)37-26(20-6-7-20)21-8-9-25(31)18(2)13-21/h4-5,8-16,20,26,35H,3,6-7,17H2,1-2H3,(H,37,40)/t26-/m0/s1. The largest absolute Gasteiger partial charge is 0.433 e. The number of carbonyl (C=O) groups is 1. The van der Waals surface area contributed by atoms with Gasteiger partial charge < -0.3 is 14.5 Å². The van der Waals surface area contributed by atoms with Crippen molar-refractivity contribution in [2.45, 2.75) is 52.0 Å². The summed E-state index contributed by atoms with van der Waals surface area (Å²) >= 11 is 0. The fourth-order valence-corrected chi connectivity index (χ4v) is 4.97. The minimum Gasteiger partial charge on any atom is -0.345 e. The van der Waals surface area contributed by atoms with E-state index in [1.807, 2.05) is 6.92 Å². The maximum atomic E-state index is 13.9. The number of aryl methyl sites for hydroxylation is 2. The maximum Gasteiger partial charge on any atom is 0.433 e. The number of amides is 1. The second-order valence-electron chi connectivity index (χ2n) is 10.1. The Morgan fingerprint density at radius 2 is 1.88 bits per heavy atom. The van der Waals surface area contributed by atoms with E-state index < -0.39 is 17.8 Å². The van der Waals surface area contributed by atoms with Crippen LogP contribution in [0, 0.1) is 24.1 Å². The topological polar surface area (TPSA) is 75.7 Å². The van der Waals surface area contributed by atoms with E-state index in [1.165, 1.54) is 24.3 Å². The molecule has 0 aliphatic heterocycles. The summed E-state index contributed by atoms with van der Waals surface area (Å²) in [5, 5.41) is 11.4. The van der Waals surface area contributed by atoms with E-state index in [4.69, 9.17) is 5.41 Å². The van der Waals surface area contributed by atoms with Crippen molar-refractivity contribution in [3.05, 3.63) is 107 Å².